The highest BCUT2D eigenvalue weighted by Crippen LogP contribution is 2.03. The fourth-order valence-corrected chi connectivity index (χ4v) is 1.07. The summed E-state index contributed by atoms with van der Waals surface area (Å²) in [5.74, 6) is 0. The van der Waals surface area contributed by atoms with Crippen LogP contribution >= 0.6 is 24.0 Å². The van der Waals surface area contributed by atoms with Crippen LogP contribution in [0, 0.1) is 0 Å². The van der Waals surface area contributed by atoms with Crippen LogP contribution in [-0.2, 0) is 0 Å². The molecule has 54 valence electrons. The summed E-state index contributed by atoms with van der Waals surface area (Å²) in [5, 5.41) is 3.16. The van der Waals surface area contributed by atoms with E-state index < -0.39 is 0 Å². The summed E-state index contributed by atoms with van der Waals surface area (Å²) in [5.41, 5.74) is 0.111. The van der Waals surface area contributed by atoms with Gasteiger partial charge in [-0.25, -0.2) is 0 Å². The van der Waals surface area contributed by atoms with Crippen molar-refractivity contribution in [3.8, 4) is 0 Å². The van der Waals surface area contributed by atoms with Crippen molar-refractivity contribution in [1.82, 2.24) is 5.32 Å². The first-order valence-electron chi connectivity index (χ1n) is 2.82. The van der Waals surface area contributed by atoms with Crippen LogP contribution in [0.1, 0.15) is 20.8 Å². The van der Waals surface area contributed by atoms with Gasteiger partial charge in [-0.1, -0.05) is 12.2 Å². The van der Waals surface area contributed by atoms with Crippen molar-refractivity contribution >= 4 is 28.3 Å². The zero-order valence-corrected chi connectivity index (χ0v) is 7.95. The number of rotatable bonds is 0. The van der Waals surface area contributed by atoms with E-state index in [-0.39, 0.29) is 5.54 Å². The molecule has 0 aromatic heterocycles. The van der Waals surface area contributed by atoms with E-state index in [1.54, 1.807) is 11.8 Å². The highest BCUT2D eigenvalue weighted by molar-refractivity contribution is 8.22. The number of nitrogens with one attached hydrogen (secondary N) is 1. The van der Waals surface area contributed by atoms with Gasteiger partial charge in [0.1, 0.15) is 4.32 Å². The third kappa shape index (κ3) is 6.12. The molecule has 0 rings (SSSR count). The van der Waals surface area contributed by atoms with E-state index >= 15 is 0 Å². The van der Waals surface area contributed by atoms with Crippen LogP contribution in [0.2, 0.25) is 0 Å². The average Bonchev–Trinajstić information content (AvgIpc) is 1.62. The monoisotopic (exact) mass is 163 g/mol. The standard InChI is InChI=1S/C6H13NS2/c1-6(2,3)7-5(8)9-4/h1-4H3,(H,7,8). The van der Waals surface area contributed by atoms with Gasteiger partial charge in [0.15, 0.2) is 0 Å². The fourth-order valence-electron chi connectivity index (χ4n) is 0.357. The van der Waals surface area contributed by atoms with Gasteiger partial charge in [-0.2, -0.15) is 0 Å². The zero-order valence-electron chi connectivity index (χ0n) is 6.32. The number of hydrogen-bond acceptors (Lipinski definition) is 2. The minimum atomic E-state index is 0.111. The van der Waals surface area contributed by atoms with Gasteiger partial charge in [0, 0.05) is 5.54 Å². The second-order valence-electron chi connectivity index (χ2n) is 2.87. The van der Waals surface area contributed by atoms with Crippen LogP contribution in [0.15, 0.2) is 0 Å². The third-order valence-corrected chi connectivity index (χ3v) is 1.74. The van der Waals surface area contributed by atoms with Gasteiger partial charge in [0.25, 0.3) is 0 Å². The first-order chi connectivity index (χ1) is 3.95. The molecule has 0 aliphatic heterocycles. The van der Waals surface area contributed by atoms with E-state index in [4.69, 9.17) is 12.2 Å². The summed E-state index contributed by atoms with van der Waals surface area (Å²) in [4.78, 5) is 0. The Bertz CT molecular complexity index is 104. The van der Waals surface area contributed by atoms with Crippen LogP contribution in [0.4, 0.5) is 0 Å². The van der Waals surface area contributed by atoms with Gasteiger partial charge in [0.2, 0.25) is 0 Å². The van der Waals surface area contributed by atoms with E-state index in [1.165, 1.54) is 0 Å². The van der Waals surface area contributed by atoms with E-state index in [0.717, 1.165) is 4.32 Å². The predicted octanol–water partition coefficient (Wildman–Crippen LogP) is 2.02. The summed E-state index contributed by atoms with van der Waals surface area (Å²) in [6.45, 7) is 6.28. The Balaban J connectivity index is 3.60. The Morgan fingerprint density at radius 3 is 2.00 bits per heavy atom. The molecule has 0 saturated heterocycles. The van der Waals surface area contributed by atoms with Gasteiger partial charge in [0.05, 0.1) is 0 Å². The Labute approximate surface area is 66.6 Å². The molecule has 0 aromatic carbocycles. The van der Waals surface area contributed by atoms with E-state index in [2.05, 4.69) is 26.1 Å². The van der Waals surface area contributed by atoms with Crippen LogP contribution in [0.25, 0.3) is 0 Å². The molecule has 9 heavy (non-hydrogen) atoms. The van der Waals surface area contributed by atoms with Crippen molar-refractivity contribution in [2.45, 2.75) is 26.3 Å². The maximum absolute atomic E-state index is 4.96. The molecule has 0 amide bonds. The van der Waals surface area contributed by atoms with Gasteiger partial charge in [-0.15, -0.1) is 11.8 Å². The Morgan fingerprint density at radius 2 is 1.89 bits per heavy atom. The van der Waals surface area contributed by atoms with Crippen LogP contribution in [0.5, 0.6) is 0 Å². The van der Waals surface area contributed by atoms with Gasteiger partial charge in [-0.3, -0.25) is 0 Å². The van der Waals surface area contributed by atoms with Crippen molar-refractivity contribution in [2.75, 3.05) is 6.26 Å². The minimum absolute atomic E-state index is 0.111. The molecule has 0 radical (unpaired) electrons. The van der Waals surface area contributed by atoms with Crippen molar-refractivity contribution in [3.05, 3.63) is 0 Å². The summed E-state index contributed by atoms with van der Waals surface area (Å²) >= 11 is 6.53. The number of hydrogen-bond donors (Lipinski definition) is 1. The maximum Gasteiger partial charge on any atom is 0.133 e. The smallest absolute Gasteiger partial charge is 0.133 e. The molecule has 0 aliphatic carbocycles. The second kappa shape index (κ2) is 3.42. The van der Waals surface area contributed by atoms with E-state index in [1.807, 2.05) is 6.26 Å². The minimum Gasteiger partial charge on any atom is -0.366 e. The molecule has 0 bridgehead atoms. The quantitative estimate of drug-likeness (QED) is 0.549. The Morgan fingerprint density at radius 1 is 1.44 bits per heavy atom. The van der Waals surface area contributed by atoms with Gasteiger partial charge in [-0.05, 0) is 27.0 Å². The molecular weight excluding hydrogens is 150 g/mol. The SMILES string of the molecule is CSC(=S)NC(C)(C)C. The van der Waals surface area contributed by atoms with Crippen LogP contribution < -0.4 is 5.32 Å². The predicted molar refractivity (Wildman–Crippen MR) is 49.0 cm³/mol. The maximum atomic E-state index is 4.96. The molecule has 0 aliphatic rings. The lowest BCUT2D eigenvalue weighted by atomic mass is 10.1. The number of thioether (sulfide) groups is 1. The molecule has 0 spiro atoms. The molecular formula is C6H13NS2. The summed E-state index contributed by atoms with van der Waals surface area (Å²) in [6.07, 6.45) is 1.97. The van der Waals surface area contributed by atoms with Gasteiger partial charge >= 0.3 is 0 Å². The highest BCUT2D eigenvalue weighted by Gasteiger charge is 2.09. The molecule has 3 heteroatoms. The fraction of sp³-hybridized carbons (Fsp3) is 0.833. The Kier molecular flexibility index (Phi) is 3.51. The van der Waals surface area contributed by atoms with Crippen molar-refractivity contribution in [3.63, 3.8) is 0 Å². The topological polar surface area (TPSA) is 12.0 Å². The molecule has 1 N–H and O–H groups in total. The van der Waals surface area contributed by atoms with Crippen molar-refractivity contribution in [2.24, 2.45) is 0 Å². The van der Waals surface area contributed by atoms with Gasteiger partial charge < -0.3 is 5.32 Å². The molecule has 0 saturated carbocycles. The summed E-state index contributed by atoms with van der Waals surface area (Å²) < 4.78 is 0.863. The third-order valence-electron chi connectivity index (χ3n) is 0.662. The molecule has 0 fully saturated rings. The normalized spacial score (nSPS) is 11.1. The lowest BCUT2D eigenvalue weighted by Gasteiger charge is -2.21. The first kappa shape index (κ1) is 9.24. The van der Waals surface area contributed by atoms with Crippen molar-refractivity contribution < 1.29 is 0 Å². The average molecular weight is 163 g/mol. The summed E-state index contributed by atoms with van der Waals surface area (Å²) in [6, 6.07) is 0. The lowest BCUT2D eigenvalue weighted by Crippen LogP contribution is -2.38. The Hall–Kier alpha value is 0.240. The van der Waals surface area contributed by atoms with Crippen LogP contribution in [0.3, 0.4) is 0 Å². The van der Waals surface area contributed by atoms with E-state index in [9.17, 15) is 0 Å². The summed E-state index contributed by atoms with van der Waals surface area (Å²) in [7, 11) is 0. The molecule has 1 nitrogen and oxygen atoms in total. The molecule has 0 aromatic rings. The first-order valence-corrected chi connectivity index (χ1v) is 4.45. The van der Waals surface area contributed by atoms with Crippen molar-refractivity contribution in [1.29, 1.82) is 0 Å². The zero-order chi connectivity index (χ0) is 7.49. The highest BCUT2D eigenvalue weighted by atomic mass is 32.2. The molecule has 0 atom stereocenters. The largest absolute Gasteiger partial charge is 0.366 e. The van der Waals surface area contributed by atoms with E-state index in [0.29, 0.717) is 0 Å². The number of thiocarbonyl (C=S) groups is 1. The lowest BCUT2D eigenvalue weighted by molar-refractivity contribution is 0.519. The second-order valence-corrected chi connectivity index (χ2v) is 4.35. The molecule has 0 heterocycles. The molecule has 0 unspecified atom stereocenters. The van der Waals surface area contributed by atoms with Crippen LogP contribution in [-0.4, -0.2) is 16.1 Å².